The molecule has 0 saturated carbocycles. The Kier molecular flexibility index (Phi) is 4.11. The number of hydrogen-bond acceptors (Lipinski definition) is 1. The lowest BCUT2D eigenvalue weighted by Gasteiger charge is -2.13. The molecule has 2 aromatic rings. The Labute approximate surface area is 108 Å². The van der Waals surface area contributed by atoms with Crippen LogP contribution in [0.1, 0.15) is 5.56 Å². The molecule has 1 atom stereocenters. The molecule has 3 heteroatoms. The quantitative estimate of drug-likeness (QED) is 0.855. The topological polar surface area (TPSA) is 37.3 Å². The standard InChI is InChI=1S/C15H15O2P/c1-18(13-5-3-2-4-6-13)14-9-7-12(8-10-14)11-15(16)17/h2-10H,11H2,1H3,(H,16,17). The lowest BCUT2D eigenvalue weighted by atomic mass is 10.2. The number of benzene rings is 2. The SMILES string of the molecule is CP(c1ccccc1)c1ccc(CC(=O)O)cc1. The smallest absolute Gasteiger partial charge is 0.307 e. The first kappa shape index (κ1) is 12.8. The molecule has 0 fully saturated rings. The van der Waals surface area contributed by atoms with Gasteiger partial charge in [0.2, 0.25) is 0 Å². The van der Waals surface area contributed by atoms with Crippen molar-refractivity contribution in [3.05, 3.63) is 60.2 Å². The Morgan fingerprint density at radius 2 is 1.56 bits per heavy atom. The van der Waals surface area contributed by atoms with Crippen LogP contribution >= 0.6 is 7.92 Å². The monoisotopic (exact) mass is 258 g/mol. The Bertz CT molecular complexity index is 520. The highest BCUT2D eigenvalue weighted by atomic mass is 31.1. The Morgan fingerprint density at radius 3 is 2.11 bits per heavy atom. The van der Waals surface area contributed by atoms with Crippen molar-refractivity contribution in [2.24, 2.45) is 0 Å². The summed E-state index contributed by atoms with van der Waals surface area (Å²) in [6.45, 7) is 2.22. The molecule has 2 nitrogen and oxygen atoms in total. The fourth-order valence-electron chi connectivity index (χ4n) is 1.81. The molecule has 0 heterocycles. The molecule has 0 saturated heterocycles. The molecule has 18 heavy (non-hydrogen) atoms. The van der Waals surface area contributed by atoms with Crippen molar-refractivity contribution in [3.8, 4) is 0 Å². The maximum Gasteiger partial charge on any atom is 0.307 e. The van der Waals surface area contributed by atoms with E-state index in [4.69, 9.17) is 5.11 Å². The predicted molar refractivity (Wildman–Crippen MR) is 76.3 cm³/mol. The van der Waals surface area contributed by atoms with Gasteiger partial charge in [-0.15, -0.1) is 0 Å². The maximum absolute atomic E-state index is 10.6. The van der Waals surface area contributed by atoms with E-state index >= 15 is 0 Å². The minimum absolute atomic E-state index is 0.0905. The first-order chi connectivity index (χ1) is 8.66. The molecule has 0 radical (unpaired) electrons. The molecule has 2 rings (SSSR count). The van der Waals surface area contributed by atoms with Crippen LogP contribution in [0.5, 0.6) is 0 Å². The molecule has 2 aromatic carbocycles. The summed E-state index contributed by atoms with van der Waals surface area (Å²) in [6, 6.07) is 18.3. The third kappa shape index (κ3) is 3.18. The molecule has 1 unspecified atom stereocenters. The van der Waals surface area contributed by atoms with Crippen LogP contribution in [-0.2, 0) is 11.2 Å². The summed E-state index contributed by atoms with van der Waals surface area (Å²) >= 11 is 0. The van der Waals surface area contributed by atoms with Crippen molar-refractivity contribution in [2.45, 2.75) is 6.42 Å². The molecule has 92 valence electrons. The number of aliphatic carboxylic acids is 1. The Hall–Kier alpha value is -1.66. The summed E-state index contributed by atoms with van der Waals surface area (Å²) in [5, 5.41) is 11.3. The summed E-state index contributed by atoms with van der Waals surface area (Å²) in [4.78, 5) is 10.6. The highest BCUT2D eigenvalue weighted by molar-refractivity contribution is 7.72. The molecular formula is C15H15O2P. The highest BCUT2D eigenvalue weighted by Crippen LogP contribution is 2.28. The summed E-state index contributed by atoms with van der Waals surface area (Å²) in [5.74, 6) is -0.787. The van der Waals surface area contributed by atoms with Crippen LogP contribution in [0.3, 0.4) is 0 Å². The zero-order valence-electron chi connectivity index (χ0n) is 10.2. The summed E-state index contributed by atoms with van der Waals surface area (Å²) in [7, 11) is -0.351. The number of carboxylic acids is 1. The predicted octanol–water partition coefficient (Wildman–Crippen LogP) is 2.38. The van der Waals surface area contributed by atoms with Crippen molar-refractivity contribution in [1.29, 1.82) is 0 Å². The number of hydrogen-bond donors (Lipinski definition) is 1. The summed E-state index contributed by atoms with van der Waals surface area (Å²) in [6.07, 6.45) is 0.0905. The Balaban J connectivity index is 2.17. The van der Waals surface area contributed by atoms with Crippen molar-refractivity contribution < 1.29 is 9.90 Å². The fraction of sp³-hybridized carbons (Fsp3) is 0.133. The first-order valence-electron chi connectivity index (χ1n) is 5.76. The second-order valence-electron chi connectivity index (χ2n) is 4.13. The van der Waals surface area contributed by atoms with E-state index in [1.807, 2.05) is 42.5 Å². The molecule has 0 aromatic heterocycles. The molecule has 0 bridgehead atoms. The second-order valence-corrected chi connectivity index (χ2v) is 6.28. The summed E-state index contributed by atoms with van der Waals surface area (Å²) in [5.41, 5.74) is 0.850. The van der Waals surface area contributed by atoms with Gasteiger partial charge in [0.05, 0.1) is 6.42 Å². The molecular weight excluding hydrogens is 243 g/mol. The average molecular weight is 258 g/mol. The van der Waals surface area contributed by atoms with E-state index in [-0.39, 0.29) is 14.3 Å². The fourth-order valence-corrected chi connectivity index (χ4v) is 3.33. The molecule has 0 spiro atoms. The van der Waals surface area contributed by atoms with E-state index in [1.165, 1.54) is 10.6 Å². The van der Waals surface area contributed by atoms with Gasteiger partial charge in [-0.25, -0.2) is 0 Å². The van der Waals surface area contributed by atoms with Gasteiger partial charge in [0.25, 0.3) is 0 Å². The first-order valence-corrected chi connectivity index (χ1v) is 7.55. The van der Waals surface area contributed by atoms with E-state index in [0.717, 1.165) is 5.56 Å². The van der Waals surface area contributed by atoms with Crippen LogP contribution < -0.4 is 10.6 Å². The van der Waals surface area contributed by atoms with Gasteiger partial charge in [0.15, 0.2) is 0 Å². The van der Waals surface area contributed by atoms with Gasteiger partial charge in [0, 0.05) is 0 Å². The van der Waals surface area contributed by atoms with Crippen LogP contribution in [0.15, 0.2) is 54.6 Å². The average Bonchev–Trinajstić information content (AvgIpc) is 2.39. The van der Waals surface area contributed by atoms with Crippen LogP contribution in [0.25, 0.3) is 0 Å². The zero-order chi connectivity index (χ0) is 13.0. The minimum atomic E-state index is -0.787. The van der Waals surface area contributed by atoms with Gasteiger partial charge in [-0.05, 0) is 30.8 Å². The van der Waals surface area contributed by atoms with Gasteiger partial charge in [-0.3, -0.25) is 4.79 Å². The molecule has 0 aliphatic rings. The van der Waals surface area contributed by atoms with Crippen molar-refractivity contribution in [1.82, 2.24) is 0 Å². The molecule has 0 amide bonds. The normalized spacial score (nSPS) is 12.1. The number of carbonyl (C=O) groups is 1. The largest absolute Gasteiger partial charge is 0.481 e. The van der Waals surface area contributed by atoms with E-state index in [2.05, 4.69) is 18.8 Å². The molecule has 1 N–H and O–H groups in total. The second kappa shape index (κ2) is 5.79. The van der Waals surface area contributed by atoms with E-state index < -0.39 is 5.97 Å². The summed E-state index contributed by atoms with van der Waals surface area (Å²) < 4.78 is 0. The van der Waals surface area contributed by atoms with Gasteiger partial charge in [-0.2, -0.15) is 0 Å². The lowest BCUT2D eigenvalue weighted by Crippen LogP contribution is -2.11. The van der Waals surface area contributed by atoms with E-state index in [0.29, 0.717) is 0 Å². The van der Waals surface area contributed by atoms with Gasteiger partial charge in [-0.1, -0.05) is 54.6 Å². The number of rotatable bonds is 4. The zero-order valence-corrected chi connectivity index (χ0v) is 11.1. The van der Waals surface area contributed by atoms with Gasteiger partial charge >= 0.3 is 5.97 Å². The highest BCUT2D eigenvalue weighted by Gasteiger charge is 2.07. The Morgan fingerprint density at radius 1 is 1.00 bits per heavy atom. The van der Waals surface area contributed by atoms with Crippen LogP contribution in [0.4, 0.5) is 0 Å². The molecule has 0 aliphatic heterocycles. The van der Waals surface area contributed by atoms with Crippen LogP contribution in [0.2, 0.25) is 0 Å². The van der Waals surface area contributed by atoms with Gasteiger partial charge < -0.3 is 5.11 Å². The van der Waals surface area contributed by atoms with E-state index in [9.17, 15) is 4.79 Å². The van der Waals surface area contributed by atoms with Crippen LogP contribution in [-0.4, -0.2) is 17.7 Å². The third-order valence-corrected chi connectivity index (χ3v) is 4.97. The minimum Gasteiger partial charge on any atom is -0.481 e. The van der Waals surface area contributed by atoms with Crippen molar-refractivity contribution in [2.75, 3.05) is 6.66 Å². The molecule has 0 aliphatic carbocycles. The maximum atomic E-state index is 10.6. The van der Waals surface area contributed by atoms with Crippen molar-refractivity contribution >= 4 is 24.5 Å². The number of carboxylic acid groups (broad SMARTS) is 1. The van der Waals surface area contributed by atoms with Gasteiger partial charge in [0.1, 0.15) is 0 Å². The lowest BCUT2D eigenvalue weighted by molar-refractivity contribution is -0.136. The van der Waals surface area contributed by atoms with Crippen molar-refractivity contribution in [3.63, 3.8) is 0 Å². The van der Waals surface area contributed by atoms with E-state index in [1.54, 1.807) is 0 Å². The third-order valence-electron chi connectivity index (χ3n) is 2.82. The van der Waals surface area contributed by atoms with Crippen LogP contribution in [0, 0.1) is 0 Å².